The third kappa shape index (κ3) is 3.40. The number of pyridine rings is 1. The van der Waals surface area contributed by atoms with Crippen LogP contribution in [0.3, 0.4) is 0 Å². The number of benzene rings is 1. The summed E-state index contributed by atoms with van der Waals surface area (Å²) in [4.78, 5) is 4.45. The molecule has 4 N–H and O–H groups in total. The molecule has 0 bridgehead atoms. The molecule has 0 saturated heterocycles. The van der Waals surface area contributed by atoms with Crippen LogP contribution >= 0.6 is 12.4 Å². The fraction of sp³-hybridized carbons (Fsp3) is 0.250. The van der Waals surface area contributed by atoms with Gasteiger partial charge < -0.3 is 16.2 Å². The van der Waals surface area contributed by atoms with Crippen LogP contribution in [0.25, 0.3) is 22.5 Å². The Morgan fingerprint density at radius 3 is 2.75 bits per heavy atom. The number of fused-ring (bicyclic) bond motifs is 1. The zero-order valence-electron chi connectivity index (χ0n) is 15.4. The summed E-state index contributed by atoms with van der Waals surface area (Å²) in [6, 6.07) is 11.0. The minimum Gasteiger partial charge on any atom is -0.508 e. The molecule has 0 saturated carbocycles. The normalized spacial score (nSPS) is 13.1. The lowest BCUT2D eigenvalue weighted by Crippen LogP contribution is -2.11. The third-order valence-corrected chi connectivity index (χ3v) is 4.87. The molecule has 144 valence electrons. The van der Waals surface area contributed by atoms with E-state index in [9.17, 15) is 10.4 Å². The van der Waals surface area contributed by atoms with Gasteiger partial charge in [0.15, 0.2) is 0 Å². The maximum absolute atomic E-state index is 9.68. The van der Waals surface area contributed by atoms with Crippen LogP contribution in [0.15, 0.2) is 30.3 Å². The quantitative estimate of drug-likeness (QED) is 0.613. The van der Waals surface area contributed by atoms with Crippen molar-refractivity contribution in [1.29, 1.82) is 5.26 Å². The lowest BCUT2D eigenvalue weighted by atomic mass is 9.95. The monoisotopic (exact) mass is 396 g/mol. The second-order valence-electron chi connectivity index (χ2n) is 6.65. The van der Waals surface area contributed by atoms with Crippen LogP contribution in [0.2, 0.25) is 0 Å². The van der Waals surface area contributed by atoms with Crippen LogP contribution in [-0.2, 0) is 13.1 Å². The average Bonchev–Trinajstić information content (AvgIpc) is 2.93. The van der Waals surface area contributed by atoms with E-state index in [0.717, 1.165) is 48.6 Å². The van der Waals surface area contributed by atoms with Crippen molar-refractivity contribution in [3.05, 3.63) is 47.2 Å². The van der Waals surface area contributed by atoms with E-state index in [-0.39, 0.29) is 24.0 Å². The van der Waals surface area contributed by atoms with Crippen molar-refractivity contribution in [3.63, 3.8) is 0 Å². The predicted molar refractivity (Wildman–Crippen MR) is 110 cm³/mol. The highest BCUT2D eigenvalue weighted by Gasteiger charge is 2.22. The number of aromatic hydroxyl groups is 1. The maximum Gasteiger partial charge on any atom is 0.142 e. The van der Waals surface area contributed by atoms with E-state index >= 15 is 0 Å². The summed E-state index contributed by atoms with van der Waals surface area (Å²) in [5, 5.41) is 27.4. The summed E-state index contributed by atoms with van der Waals surface area (Å²) in [6.07, 6.45) is 1.01. The molecule has 0 spiro atoms. The summed E-state index contributed by atoms with van der Waals surface area (Å²) < 4.78 is 1.99. The van der Waals surface area contributed by atoms with E-state index < -0.39 is 0 Å². The number of phenolic OH excluding ortho intramolecular Hbond substituents is 1. The summed E-state index contributed by atoms with van der Waals surface area (Å²) >= 11 is 0. The lowest BCUT2D eigenvalue weighted by molar-refractivity contribution is 0.475. The third-order valence-electron chi connectivity index (χ3n) is 4.87. The number of nitrogens with two attached hydrogens (primary N) is 1. The van der Waals surface area contributed by atoms with Gasteiger partial charge in [-0.15, -0.1) is 12.4 Å². The number of nitriles is 1. The van der Waals surface area contributed by atoms with Gasteiger partial charge in [0.1, 0.15) is 23.2 Å². The number of nitrogens with one attached hydrogen (secondary N) is 1. The first-order chi connectivity index (χ1) is 13.1. The molecule has 1 aromatic carbocycles. The second-order valence-corrected chi connectivity index (χ2v) is 6.65. The maximum atomic E-state index is 9.68. The number of nitrogens with zero attached hydrogens (tertiary/aromatic N) is 4. The fourth-order valence-corrected chi connectivity index (χ4v) is 3.51. The first kappa shape index (κ1) is 19.7. The van der Waals surface area contributed by atoms with E-state index in [4.69, 9.17) is 10.8 Å². The Morgan fingerprint density at radius 2 is 2.04 bits per heavy atom. The van der Waals surface area contributed by atoms with Crippen LogP contribution in [0.1, 0.15) is 23.2 Å². The zero-order chi connectivity index (χ0) is 19.0. The number of anilines is 1. The SMILES string of the molecule is Cc1c(-c2ccc(O)cc2)nc(N)c(C#N)c1-c1cc2n(n1)CCCNC2.Cl. The molecule has 8 heteroatoms. The smallest absolute Gasteiger partial charge is 0.142 e. The van der Waals surface area contributed by atoms with Crippen LogP contribution in [0.5, 0.6) is 5.75 Å². The van der Waals surface area contributed by atoms with Crippen molar-refractivity contribution < 1.29 is 5.11 Å². The molecule has 0 unspecified atom stereocenters. The molecular formula is C20H21ClN6O. The Morgan fingerprint density at radius 1 is 1.29 bits per heavy atom. The molecule has 28 heavy (non-hydrogen) atoms. The Kier molecular flexibility index (Phi) is 5.54. The molecule has 0 aliphatic carbocycles. The predicted octanol–water partition coefficient (Wildman–Crippen LogP) is 3.00. The Balaban J connectivity index is 0.00000225. The Hall–Kier alpha value is -3.08. The molecular weight excluding hydrogens is 376 g/mol. The second kappa shape index (κ2) is 7.89. The summed E-state index contributed by atoms with van der Waals surface area (Å²) in [6.45, 7) is 4.48. The number of halogens is 1. The van der Waals surface area contributed by atoms with Crippen molar-refractivity contribution >= 4 is 18.2 Å². The molecule has 4 rings (SSSR count). The van der Waals surface area contributed by atoms with Gasteiger partial charge in [-0.3, -0.25) is 4.68 Å². The largest absolute Gasteiger partial charge is 0.508 e. The Bertz CT molecular complexity index is 1030. The van der Waals surface area contributed by atoms with Crippen molar-refractivity contribution in [3.8, 4) is 34.3 Å². The van der Waals surface area contributed by atoms with Crippen molar-refractivity contribution in [2.24, 2.45) is 0 Å². The zero-order valence-corrected chi connectivity index (χ0v) is 16.3. The van der Waals surface area contributed by atoms with Gasteiger partial charge in [0, 0.05) is 24.2 Å². The first-order valence-corrected chi connectivity index (χ1v) is 8.86. The number of aryl methyl sites for hydroxylation is 1. The van der Waals surface area contributed by atoms with Crippen molar-refractivity contribution in [1.82, 2.24) is 20.1 Å². The summed E-state index contributed by atoms with van der Waals surface area (Å²) in [5.74, 6) is 0.367. The first-order valence-electron chi connectivity index (χ1n) is 8.86. The van der Waals surface area contributed by atoms with Crippen LogP contribution in [-0.4, -0.2) is 26.4 Å². The van der Waals surface area contributed by atoms with E-state index in [2.05, 4.69) is 16.4 Å². The van der Waals surface area contributed by atoms with Gasteiger partial charge in [-0.1, -0.05) is 0 Å². The van der Waals surface area contributed by atoms with Crippen molar-refractivity contribution in [2.45, 2.75) is 26.4 Å². The number of hydrogen-bond acceptors (Lipinski definition) is 6. The number of nitrogen functional groups attached to an aromatic ring is 1. The molecule has 0 amide bonds. The number of hydrogen-bond donors (Lipinski definition) is 3. The molecule has 1 aliphatic heterocycles. The van der Waals surface area contributed by atoms with Gasteiger partial charge in [-0.05, 0) is 55.8 Å². The van der Waals surface area contributed by atoms with Gasteiger partial charge in [0.2, 0.25) is 0 Å². The van der Waals surface area contributed by atoms with E-state index in [1.54, 1.807) is 24.3 Å². The van der Waals surface area contributed by atoms with Crippen LogP contribution in [0, 0.1) is 18.3 Å². The number of aromatic nitrogens is 3. The van der Waals surface area contributed by atoms with Gasteiger partial charge in [-0.2, -0.15) is 10.4 Å². The molecule has 1 aliphatic rings. The van der Waals surface area contributed by atoms with Gasteiger partial charge in [0.05, 0.1) is 17.1 Å². The molecule has 7 nitrogen and oxygen atoms in total. The van der Waals surface area contributed by atoms with E-state index in [1.807, 2.05) is 17.7 Å². The average molecular weight is 397 g/mol. The van der Waals surface area contributed by atoms with Crippen LogP contribution < -0.4 is 11.1 Å². The lowest BCUT2D eigenvalue weighted by Gasteiger charge is -2.13. The topological polar surface area (TPSA) is 113 Å². The highest BCUT2D eigenvalue weighted by molar-refractivity contribution is 5.85. The minimum atomic E-state index is 0. The number of phenols is 1. The van der Waals surface area contributed by atoms with Crippen molar-refractivity contribution in [2.75, 3.05) is 12.3 Å². The van der Waals surface area contributed by atoms with Gasteiger partial charge >= 0.3 is 0 Å². The molecule has 2 aromatic heterocycles. The van der Waals surface area contributed by atoms with E-state index in [0.29, 0.717) is 16.8 Å². The molecule has 3 aromatic rings. The highest BCUT2D eigenvalue weighted by Crippen LogP contribution is 2.36. The van der Waals surface area contributed by atoms with Crippen LogP contribution in [0.4, 0.5) is 5.82 Å². The Labute approximate surface area is 169 Å². The fourth-order valence-electron chi connectivity index (χ4n) is 3.51. The molecule has 0 fully saturated rings. The summed E-state index contributed by atoms with van der Waals surface area (Å²) in [7, 11) is 0. The molecule has 3 heterocycles. The number of rotatable bonds is 2. The van der Waals surface area contributed by atoms with Gasteiger partial charge in [0.25, 0.3) is 0 Å². The van der Waals surface area contributed by atoms with Gasteiger partial charge in [-0.25, -0.2) is 4.98 Å². The van der Waals surface area contributed by atoms with E-state index in [1.165, 1.54) is 0 Å². The minimum absolute atomic E-state index is 0. The molecule has 0 radical (unpaired) electrons. The molecule has 0 atom stereocenters. The summed E-state index contributed by atoms with van der Waals surface area (Å²) in [5.41, 5.74) is 11.4. The highest BCUT2D eigenvalue weighted by atomic mass is 35.5. The standard InChI is InChI=1S/C20H20N6O.ClH/c1-12-18(17-9-14-11-23-7-2-8-26(14)25-17)16(10-21)20(22)24-19(12)13-3-5-15(27)6-4-13;/h3-6,9,23,27H,2,7-8,11H2,1H3,(H2,22,24);1H.